The van der Waals surface area contributed by atoms with E-state index in [0.29, 0.717) is 17.7 Å². The normalized spacial score (nSPS) is 15.7. The Morgan fingerprint density at radius 1 is 1.13 bits per heavy atom. The Labute approximate surface area is 183 Å². The van der Waals surface area contributed by atoms with Gasteiger partial charge in [0, 0.05) is 23.9 Å². The van der Waals surface area contributed by atoms with Crippen molar-refractivity contribution in [2.45, 2.75) is 12.5 Å². The molecule has 0 bridgehead atoms. The molecule has 1 aliphatic rings. The van der Waals surface area contributed by atoms with Gasteiger partial charge in [-0.2, -0.15) is 5.10 Å². The number of nitrogens with zero attached hydrogens (tertiary/aromatic N) is 3. The van der Waals surface area contributed by atoms with Crippen LogP contribution in [0.5, 0.6) is 5.75 Å². The van der Waals surface area contributed by atoms with Crippen LogP contribution in [0.2, 0.25) is 0 Å². The molecule has 0 fully saturated rings. The summed E-state index contributed by atoms with van der Waals surface area (Å²) in [4.78, 5) is 29.4. The van der Waals surface area contributed by atoms with Crippen LogP contribution in [-0.2, 0) is 4.79 Å². The first-order chi connectivity index (χ1) is 14.6. The summed E-state index contributed by atoms with van der Waals surface area (Å²) in [6, 6.07) is 14.7. The van der Waals surface area contributed by atoms with E-state index in [1.54, 1.807) is 66.1 Å². The largest absolute Gasteiger partial charge is 0.497 e. The fourth-order valence-corrected chi connectivity index (χ4v) is 4.87. The predicted octanol–water partition coefficient (Wildman–Crippen LogP) is 4.27. The Bertz CT molecular complexity index is 1040. The molecule has 2 amide bonds. The number of likely N-dealkylation sites (N-methyl/N-ethyl adjacent to an activating group) is 1. The molecule has 0 saturated carbocycles. The molecule has 2 aromatic heterocycles. The fourth-order valence-electron chi connectivity index (χ4n) is 3.34. The van der Waals surface area contributed by atoms with Crippen molar-refractivity contribution < 1.29 is 14.3 Å². The van der Waals surface area contributed by atoms with Gasteiger partial charge in [-0.1, -0.05) is 12.1 Å². The van der Waals surface area contributed by atoms with Gasteiger partial charge in [-0.25, -0.2) is 5.01 Å². The number of rotatable bonds is 6. The molecule has 0 saturated heterocycles. The van der Waals surface area contributed by atoms with Gasteiger partial charge >= 0.3 is 0 Å². The highest BCUT2D eigenvalue weighted by atomic mass is 32.1. The van der Waals surface area contributed by atoms with Gasteiger partial charge in [0.25, 0.3) is 11.8 Å². The lowest BCUT2D eigenvalue weighted by Gasteiger charge is -2.24. The van der Waals surface area contributed by atoms with E-state index in [1.165, 1.54) is 4.90 Å². The number of carbonyl (C=O) groups excluding carboxylic acids is 2. The summed E-state index contributed by atoms with van der Waals surface area (Å²) in [6.07, 6.45) is 0.670. The standard InChI is InChI=1S/C22H21N3O3S2/c1-24(22(27)15-7-9-16(28-2)10-8-15)14-21(26)25-18(20-6-4-12-30-20)13-17(23-25)19-5-3-11-29-19/h3-12,18H,13-14H2,1-2H3/t18-/m1/s1. The summed E-state index contributed by atoms with van der Waals surface area (Å²) in [5, 5.41) is 10.2. The zero-order valence-corrected chi connectivity index (χ0v) is 18.3. The highest BCUT2D eigenvalue weighted by molar-refractivity contribution is 7.12. The van der Waals surface area contributed by atoms with Crippen molar-refractivity contribution in [3.05, 3.63) is 74.6 Å². The molecule has 0 N–H and O–H groups in total. The van der Waals surface area contributed by atoms with E-state index < -0.39 is 0 Å². The number of carbonyl (C=O) groups is 2. The third-order valence-corrected chi connectivity index (χ3v) is 6.79. The summed E-state index contributed by atoms with van der Waals surface area (Å²) in [6.45, 7) is -0.0477. The smallest absolute Gasteiger partial charge is 0.262 e. The zero-order chi connectivity index (χ0) is 21.1. The van der Waals surface area contributed by atoms with E-state index in [-0.39, 0.29) is 24.4 Å². The molecule has 0 radical (unpaired) electrons. The molecule has 3 heterocycles. The number of methoxy groups -OCH3 is 1. The number of thiophene rings is 2. The number of benzene rings is 1. The topological polar surface area (TPSA) is 62.2 Å². The molecule has 8 heteroatoms. The molecule has 0 aliphatic carbocycles. The molecule has 1 aromatic carbocycles. The minimum absolute atomic E-state index is 0.0477. The highest BCUT2D eigenvalue weighted by Crippen LogP contribution is 2.36. The molecule has 0 unspecified atom stereocenters. The van der Waals surface area contributed by atoms with Crippen LogP contribution in [0.3, 0.4) is 0 Å². The third-order valence-electron chi connectivity index (χ3n) is 4.90. The van der Waals surface area contributed by atoms with Crippen LogP contribution in [-0.4, -0.2) is 48.1 Å². The van der Waals surface area contributed by atoms with Crippen LogP contribution in [0.1, 0.15) is 32.6 Å². The van der Waals surface area contributed by atoms with Crippen LogP contribution in [0.4, 0.5) is 0 Å². The van der Waals surface area contributed by atoms with Crippen LogP contribution in [0.15, 0.2) is 64.4 Å². The van der Waals surface area contributed by atoms with E-state index in [4.69, 9.17) is 4.74 Å². The van der Waals surface area contributed by atoms with Gasteiger partial charge in [0.2, 0.25) is 0 Å². The van der Waals surface area contributed by atoms with Gasteiger partial charge in [-0.3, -0.25) is 9.59 Å². The summed E-state index contributed by atoms with van der Waals surface area (Å²) in [5.41, 5.74) is 1.41. The van der Waals surface area contributed by atoms with Crippen molar-refractivity contribution in [3.8, 4) is 5.75 Å². The van der Waals surface area contributed by atoms with Gasteiger partial charge in [-0.05, 0) is 47.2 Å². The van der Waals surface area contributed by atoms with Crippen molar-refractivity contribution in [1.82, 2.24) is 9.91 Å². The minimum atomic E-state index is -0.222. The maximum absolute atomic E-state index is 13.1. The molecule has 1 atom stereocenters. The van der Waals surface area contributed by atoms with E-state index in [0.717, 1.165) is 15.5 Å². The van der Waals surface area contributed by atoms with Crippen molar-refractivity contribution >= 4 is 40.2 Å². The molecule has 4 rings (SSSR count). The summed E-state index contributed by atoms with van der Waals surface area (Å²) in [7, 11) is 3.21. The molecular weight excluding hydrogens is 418 g/mol. The van der Waals surface area contributed by atoms with E-state index in [1.807, 2.05) is 35.0 Å². The van der Waals surface area contributed by atoms with E-state index in [2.05, 4.69) is 5.10 Å². The molecule has 3 aromatic rings. The summed E-state index contributed by atoms with van der Waals surface area (Å²) in [5.74, 6) is 0.251. The quantitative estimate of drug-likeness (QED) is 0.576. The van der Waals surface area contributed by atoms with E-state index >= 15 is 0 Å². The highest BCUT2D eigenvalue weighted by Gasteiger charge is 2.34. The van der Waals surface area contributed by atoms with Crippen LogP contribution >= 0.6 is 22.7 Å². The van der Waals surface area contributed by atoms with Crippen LogP contribution in [0, 0.1) is 0 Å². The Morgan fingerprint density at radius 2 is 1.87 bits per heavy atom. The molecule has 30 heavy (non-hydrogen) atoms. The number of amides is 2. The monoisotopic (exact) mass is 439 g/mol. The molecule has 154 valence electrons. The second kappa shape index (κ2) is 8.81. The van der Waals surface area contributed by atoms with Crippen molar-refractivity contribution in [2.24, 2.45) is 5.10 Å². The SMILES string of the molecule is COc1ccc(C(=O)N(C)CC(=O)N2N=C(c3cccs3)C[C@@H]2c2cccs2)cc1. The average Bonchev–Trinajstić information content (AvgIpc) is 3.53. The Hall–Kier alpha value is -2.97. The summed E-state index contributed by atoms with van der Waals surface area (Å²) < 4.78 is 5.13. The number of ether oxygens (including phenoxy) is 1. The fraction of sp³-hybridized carbons (Fsp3) is 0.227. The first kappa shape index (κ1) is 20.3. The molecular formula is C22H21N3O3S2. The minimum Gasteiger partial charge on any atom is -0.497 e. The lowest BCUT2D eigenvalue weighted by atomic mass is 10.1. The predicted molar refractivity (Wildman–Crippen MR) is 119 cm³/mol. The van der Waals surface area contributed by atoms with Crippen LogP contribution in [0.25, 0.3) is 0 Å². The van der Waals surface area contributed by atoms with Crippen molar-refractivity contribution in [2.75, 3.05) is 20.7 Å². The maximum Gasteiger partial charge on any atom is 0.262 e. The first-order valence-corrected chi connectivity index (χ1v) is 11.2. The zero-order valence-electron chi connectivity index (χ0n) is 16.6. The average molecular weight is 440 g/mol. The van der Waals surface area contributed by atoms with Crippen LogP contribution < -0.4 is 4.74 Å². The molecule has 1 aliphatic heterocycles. The number of hydrogen-bond donors (Lipinski definition) is 0. The number of hydrogen-bond acceptors (Lipinski definition) is 6. The Morgan fingerprint density at radius 3 is 2.50 bits per heavy atom. The maximum atomic E-state index is 13.1. The van der Waals surface area contributed by atoms with E-state index in [9.17, 15) is 9.59 Å². The second-order valence-electron chi connectivity index (χ2n) is 6.89. The number of hydrazone groups is 1. The third kappa shape index (κ3) is 4.15. The lowest BCUT2D eigenvalue weighted by molar-refractivity contribution is -0.133. The van der Waals surface area contributed by atoms with Gasteiger partial charge in [0.1, 0.15) is 12.3 Å². The van der Waals surface area contributed by atoms with Crippen molar-refractivity contribution in [1.29, 1.82) is 0 Å². The first-order valence-electron chi connectivity index (χ1n) is 9.43. The summed E-state index contributed by atoms with van der Waals surface area (Å²) >= 11 is 3.22. The second-order valence-corrected chi connectivity index (χ2v) is 8.81. The van der Waals surface area contributed by atoms with Crippen molar-refractivity contribution in [3.63, 3.8) is 0 Å². The molecule has 6 nitrogen and oxygen atoms in total. The molecule has 0 spiro atoms. The van der Waals surface area contributed by atoms with Gasteiger partial charge < -0.3 is 9.64 Å². The van der Waals surface area contributed by atoms with Gasteiger partial charge in [0.05, 0.1) is 23.7 Å². The van der Waals surface area contributed by atoms with Gasteiger partial charge in [0.15, 0.2) is 0 Å². The van der Waals surface area contributed by atoms with Gasteiger partial charge in [-0.15, -0.1) is 22.7 Å². The Kier molecular flexibility index (Phi) is 5.96. The Balaban J connectivity index is 1.51. The lowest BCUT2D eigenvalue weighted by Crippen LogP contribution is -2.39.